The van der Waals surface area contributed by atoms with Crippen LogP contribution in [0.2, 0.25) is 0 Å². The van der Waals surface area contributed by atoms with Crippen molar-refractivity contribution in [3.05, 3.63) is 0 Å². The average molecular weight is 247 g/mol. The number of sulfone groups is 1. The Bertz CT molecular complexity index is 335. The zero-order valence-corrected chi connectivity index (χ0v) is 10.9. The van der Waals surface area contributed by atoms with Crippen LogP contribution in [0.4, 0.5) is 0 Å². The Hall–Kier alpha value is -0.580. The second kappa shape index (κ2) is 5.66. The summed E-state index contributed by atoms with van der Waals surface area (Å²) in [6.45, 7) is 2.81. The fourth-order valence-electron chi connectivity index (χ4n) is 2.27. The topological polar surface area (TPSA) is 54.5 Å². The lowest BCUT2D eigenvalue weighted by atomic mass is 9.98. The highest BCUT2D eigenvalue weighted by Gasteiger charge is 2.27. The van der Waals surface area contributed by atoms with Crippen molar-refractivity contribution in [3.63, 3.8) is 0 Å². The van der Waals surface area contributed by atoms with Gasteiger partial charge in [0.15, 0.2) is 9.84 Å². The Kier molecular flexibility index (Phi) is 4.77. The SMILES string of the molecule is CCCC1CCCCN1C(=O)CS(C)(=O)=O. The van der Waals surface area contributed by atoms with Gasteiger partial charge in [0.2, 0.25) is 5.91 Å². The minimum atomic E-state index is -3.20. The maximum Gasteiger partial charge on any atom is 0.238 e. The van der Waals surface area contributed by atoms with Crippen LogP contribution < -0.4 is 0 Å². The van der Waals surface area contributed by atoms with Gasteiger partial charge in [0.05, 0.1) is 0 Å². The number of likely N-dealkylation sites (tertiary alicyclic amines) is 1. The van der Waals surface area contributed by atoms with E-state index in [0.717, 1.165) is 44.9 Å². The van der Waals surface area contributed by atoms with Gasteiger partial charge < -0.3 is 4.90 Å². The predicted molar refractivity (Wildman–Crippen MR) is 64.0 cm³/mol. The van der Waals surface area contributed by atoms with Crippen molar-refractivity contribution in [2.75, 3.05) is 18.6 Å². The van der Waals surface area contributed by atoms with E-state index in [9.17, 15) is 13.2 Å². The number of nitrogens with zero attached hydrogens (tertiary/aromatic N) is 1. The lowest BCUT2D eigenvalue weighted by molar-refractivity contribution is -0.132. The molecule has 16 heavy (non-hydrogen) atoms. The van der Waals surface area contributed by atoms with Gasteiger partial charge in [-0.15, -0.1) is 0 Å². The van der Waals surface area contributed by atoms with Gasteiger partial charge in [0, 0.05) is 18.8 Å². The summed E-state index contributed by atoms with van der Waals surface area (Å²) in [5, 5.41) is 0. The van der Waals surface area contributed by atoms with Gasteiger partial charge in [0.1, 0.15) is 5.75 Å². The molecule has 0 N–H and O–H groups in total. The molecule has 0 aromatic rings. The van der Waals surface area contributed by atoms with Gasteiger partial charge in [-0.3, -0.25) is 4.79 Å². The van der Waals surface area contributed by atoms with Crippen molar-refractivity contribution in [2.45, 2.75) is 45.1 Å². The molecule has 1 unspecified atom stereocenters. The molecule has 1 saturated heterocycles. The second-order valence-corrected chi connectivity index (χ2v) is 6.74. The average Bonchev–Trinajstić information content (AvgIpc) is 2.16. The highest BCUT2D eigenvalue weighted by atomic mass is 32.2. The van der Waals surface area contributed by atoms with E-state index in [2.05, 4.69) is 6.92 Å². The lowest BCUT2D eigenvalue weighted by Crippen LogP contribution is -2.45. The zero-order chi connectivity index (χ0) is 12.2. The van der Waals surface area contributed by atoms with Gasteiger partial charge in [-0.25, -0.2) is 8.42 Å². The number of piperidine rings is 1. The smallest absolute Gasteiger partial charge is 0.238 e. The van der Waals surface area contributed by atoms with E-state index in [1.54, 1.807) is 4.90 Å². The van der Waals surface area contributed by atoms with Crippen LogP contribution in [0.15, 0.2) is 0 Å². The van der Waals surface area contributed by atoms with E-state index < -0.39 is 9.84 Å². The van der Waals surface area contributed by atoms with Crippen molar-refractivity contribution >= 4 is 15.7 Å². The maximum atomic E-state index is 11.8. The Morgan fingerprint density at radius 1 is 1.38 bits per heavy atom. The van der Waals surface area contributed by atoms with Gasteiger partial charge in [-0.05, 0) is 25.7 Å². The van der Waals surface area contributed by atoms with Crippen LogP contribution in [0, 0.1) is 0 Å². The predicted octanol–water partition coefficient (Wildman–Crippen LogP) is 1.21. The van der Waals surface area contributed by atoms with Crippen LogP contribution in [-0.4, -0.2) is 43.8 Å². The lowest BCUT2D eigenvalue weighted by Gasteiger charge is -2.35. The third-order valence-electron chi connectivity index (χ3n) is 2.96. The largest absolute Gasteiger partial charge is 0.339 e. The van der Waals surface area contributed by atoms with Crippen LogP contribution in [-0.2, 0) is 14.6 Å². The molecule has 1 atom stereocenters. The molecule has 0 radical (unpaired) electrons. The summed E-state index contributed by atoms with van der Waals surface area (Å²) in [5.74, 6) is -0.562. The van der Waals surface area contributed by atoms with Crippen molar-refractivity contribution in [2.24, 2.45) is 0 Å². The summed E-state index contributed by atoms with van der Waals surface area (Å²) in [4.78, 5) is 13.6. The third kappa shape index (κ3) is 4.12. The molecule has 4 nitrogen and oxygen atoms in total. The number of hydrogen-bond acceptors (Lipinski definition) is 3. The summed E-state index contributed by atoms with van der Waals surface area (Å²) in [7, 11) is -3.20. The summed E-state index contributed by atoms with van der Waals surface area (Å²) in [6, 6.07) is 0.257. The summed E-state index contributed by atoms with van der Waals surface area (Å²) in [6.07, 6.45) is 6.29. The molecule has 0 bridgehead atoms. The van der Waals surface area contributed by atoms with Crippen molar-refractivity contribution in [1.82, 2.24) is 4.90 Å². The highest BCUT2D eigenvalue weighted by molar-refractivity contribution is 7.91. The Morgan fingerprint density at radius 2 is 2.06 bits per heavy atom. The molecular formula is C11H21NO3S. The van der Waals surface area contributed by atoms with E-state index in [1.165, 1.54) is 0 Å². The first-order valence-corrected chi connectivity index (χ1v) is 7.97. The molecule has 1 fully saturated rings. The Labute approximate surface area is 97.9 Å². The molecule has 0 aromatic carbocycles. The fraction of sp³-hybridized carbons (Fsp3) is 0.909. The first kappa shape index (κ1) is 13.5. The van der Waals surface area contributed by atoms with E-state index in [4.69, 9.17) is 0 Å². The molecule has 0 spiro atoms. The number of rotatable bonds is 4. The standard InChI is InChI=1S/C11H21NO3S/c1-3-6-10-7-4-5-8-12(10)11(13)9-16(2,14)15/h10H,3-9H2,1-2H3. The monoisotopic (exact) mass is 247 g/mol. The molecule has 0 aliphatic carbocycles. The molecule has 1 aliphatic rings. The van der Waals surface area contributed by atoms with Gasteiger partial charge in [-0.2, -0.15) is 0 Å². The molecule has 1 amide bonds. The van der Waals surface area contributed by atoms with E-state index in [0.29, 0.717) is 0 Å². The molecule has 94 valence electrons. The van der Waals surface area contributed by atoms with Crippen LogP contribution in [0.25, 0.3) is 0 Å². The van der Waals surface area contributed by atoms with E-state index in [-0.39, 0.29) is 17.7 Å². The van der Waals surface area contributed by atoms with Gasteiger partial charge in [0.25, 0.3) is 0 Å². The van der Waals surface area contributed by atoms with Crippen molar-refractivity contribution in [1.29, 1.82) is 0 Å². The molecule has 0 aromatic heterocycles. The third-order valence-corrected chi connectivity index (χ3v) is 3.73. The molecule has 1 rings (SSSR count). The number of carbonyl (C=O) groups is 1. The maximum absolute atomic E-state index is 11.8. The summed E-state index contributed by atoms with van der Waals surface area (Å²) in [5.41, 5.74) is 0. The number of amides is 1. The van der Waals surface area contributed by atoms with Crippen molar-refractivity contribution in [3.8, 4) is 0 Å². The van der Waals surface area contributed by atoms with Crippen LogP contribution in [0.1, 0.15) is 39.0 Å². The molecule has 5 heteroatoms. The summed E-state index contributed by atoms with van der Waals surface area (Å²) < 4.78 is 22.2. The normalized spacial score (nSPS) is 22.1. The first-order chi connectivity index (χ1) is 7.44. The van der Waals surface area contributed by atoms with Gasteiger partial charge >= 0.3 is 0 Å². The molecule has 1 aliphatic heterocycles. The first-order valence-electron chi connectivity index (χ1n) is 5.91. The van der Waals surface area contributed by atoms with E-state index >= 15 is 0 Å². The zero-order valence-electron chi connectivity index (χ0n) is 10.1. The minimum Gasteiger partial charge on any atom is -0.339 e. The quantitative estimate of drug-likeness (QED) is 0.750. The van der Waals surface area contributed by atoms with Crippen LogP contribution in [0.3, 0.4) is 0 Å². The molecular weight excluding hydrogens is 226 g/mol. The molecule has 0 saturated carbocycles. The highest BCUT2D eigenvalue weighted by Crippen LogP contribution is 2.21. The Balaban J connectivity index is 2.64. The van der Waals surface area contributed by atoms with Crippen LogP contribution in [0.5, 0.6) is 0 Å². The molecule has 1 heterocycles. The Morgan fingerprint density at radius 3 is 2.62 bits per heavy atom. The fourth-order valence-corrected chi connectivity index (χ4v) is 2.88. The van der Waals surface area contributed by atoms with E-state index in [1.807, 2.05) is 0 Å². The summed E-state index contributed by atoms with van der Waals surface area (Å²) >= 11 is 0. The minimum absolute atomic E-state index is 0.222. The number of hydrogen-bond donors (Lipinski definition) is 0. The van der Waals surface area contributed by atoms with Crippen LogP contribution >= 0.6 is 0 Å². The number of carbonyl (C=O) groups excluding carboxylic acids is 1. The van der Waals surface area contributed by atoms with Crippen molar-refractivity contribution < 1.29 is 13.2 Å². The second-order valence-electron chi connectivity index (χ2n) is 4.60. The van der Waals surface area contributed by atoms with Gasteiger partial charge in [-0.1, -0.05) is 13.3 Å².